The van der Waals surface area contributed by atoms with Crippen molar-refractivity contribution in [2.75, 3.05) is 13.1 Å². The van der Waals surface area contributed by atoms with Crippen LogP contribution in [-0.2, 0) is 11.2 Å². The molecule has 1 aliphatic rings. The van der Waals surface area contributed by atoms with Crippen molar-refractivity contribution in [1.29, 1.82) is 0 Å². The molecule has 0 radical (unpaired) electrons. The maximum absolute atomic E-state index is 13.7. The van der Waals surface area contributed by atoms with Gasteiger partial charge in [0.05, 0.1) is 25.6 Å². The van der Waals surface area contributed by atoms with Gasteiger partial charge in [0.2, 0.25) is 5.91 Å². The Balaban J connectivity index is 1.56. The number of nitrogens with zero attached hydrogens (tertiary/aromatic N) is 1. The van der Waals surface area contributed by atoms with E-state index in [0.29, 0.717) is 24.6 Å². The summed E-state index contributed by atoms with van der Waals surface area (Å²) in [6, 6.07) is 7.21. The Labute approximate surface area is 142 Å². The molecule has 0 N–H and O–H groups in total. The van der Waals surface area contributed by atoms with Crippen LogP contribution in [0.25, 0.3) is 0 Å². The molecule has 0 spiro atoms. The standard InChI is InChI=1S/C17H15ClFNO4/c1-10-5-11(6-17(22)23-10)24-12-8-20(9-12)16(21)7-13-14(18)3-2-4-15(13)19/h2-6,12H,7-9H2,1H3. The SMILES string of the molecule is Cc1cc(OC2CN(C(=O)Cc3c(F)cccc3Cl)C2)cc(=O)o1. The summed E-state index contributed by atoms with van der Waals surface area (Å²) in [6.45, 7) is 2.41. The van der Waals surface area contributed by atoms with Crippen molar-refractivity contribution >= 4 is 17.5 Å². The molecule has 1 aromatic heterocycles. The van der Waals surface area contributed by atoms with Crippen molar-refractivity contribution in [2.24, 2.45) is 0 Å². The molecule has 1 saturated heterocycles. The normalized spacial score (nSPS) is 14.4. The first-order valence-corrected chi connectivity index (χ1v) is 7.79. The van der Waals surface area contributed by atoms with E-state index in [2.05, 4.69) is 0 Å². The van der Waals surface area contributed by atoms with Crippen LogP contribution in [0, 0.1) is 12.7 Å². The van der Waals surface area contributed by atoms with E-state index >= 15 is 0 Å². The number of carbonyl (C=O) groups is 1. The van der Waals surface area contributed by atoms with Crippen LogP contribution in [0.3, 0.4) is 0 Å². The summed E-state index contributed by atoms with van der Waals surface area (Å²) < 4.78 is 24.2. The Kier molecular flexibility index (Phi) is 4.57. The van der Waals surface area contributed by atoms with E-state index in [9.17, 15) is 14.0 Å². The van der Waals surface area contributed by atoms with E-state index in [1.807, 2.05) is 0 Å². The number of hydrogen-bond acceptors (Lipinski definition) is 4. The highest BCUT2D eigenvalue weighted by Gasteiger charge is 2.32. The third-order valence-electron chi connectivity index (χ3n) is 3.76. The second kappa shape index (κ2) is 6.65. The largest absolute Gasteiger partial charge is 0.486 e. The van der Waals surface area contributed by atoms with Gasteiger partial charge in [-0.25, -0.2) is 9.18 Å². The fraction of sp³-hybridized carbons (Fsp3) is 0.294. The fourth-order valence-corrected chi connectivity index (χ4v) is 2.75. The van der Waals surface area contributed by atoms with Crippen LogP contribution in [0.4, 0.5) is 4.39 Å². The molecule has 126 valence electrons. The van der Waals surface area contributed by atoms with Crippen LogP contribution in [-0.4, -0.2) is 30.0 Å². The van der Waals surface area contributed by atoms with Gasteiger partial charge in [-0.1, -0.05) is 17.7 Å². The molecule has 2 heterocycles. The van der Waals surface area contributed by atoms with Gasteiger partial charge < -0.3 is 14.1 Å². The number of carbonyl (C=O) groups excluding carboxylic acids is 1. The summed E-state index contributed by atoms with van der Waals surface area (Å²) in [5.74, 6) is 0.165. The maximum atomic E-state index is 13.7. The number of ether oxygens (including phenoxy) is 1. The van der Waals surface area contributed by atoms with Crippen molar-refractivity contribution in [3.8, 4) is 5.75 Å². The monoisotopic (exact) mass is 351 g/mol. The van der Waals surface area contributed by atoms with Crippen molar-refractivity contribution in [3.63, 3.8) is 0 Å². The summed E-state index contributed by atoms with van der Waals surface area (Å²) in [4.78, 5) is 25.0. The molecule has 0 bridgehead atoms. The molecule has 1 aliphatic heterocycles. The Morgan fingerprint density at radius 1 is 1.42 bits per heavy atom. The number of rotatable bonds is 4. The number of likely N-dealkylation sites (tertiary alicyclic amines) is 1. The fourth-order valence-electron chi connectivity index (χ4n) is 2.52. The Bertz CT molecular complexity index is 809. The molecule has 1 fully saturated rings. The highest BCUT2D eigenvalue weighted by atomic mass is 35.5. The molecule has 3 rings (SSSR count). The van der Waals surface area contributed by atoms with E-state index in [1.54, 1.807) is 24.0 Å². The van der Waals surface area contributed by atoms with Gasteiger partial charge in [0, 0.05) is 16.7 Å². The van der Waals surface area contributed by atoms with Crippen LogP contribution in [0.1, 0.15) is 11.3 Å². The van der Waals surface area contributed by atoms with Gasteiger partial charge in [-0.05, 0) is 19.1 Å². The molecule has 0 unspecified atom stereocenters. The van der Waals surface area contributed by atoms with Gasteiger partial charge in [-0.15, -0.1) is 0 Å². The molecule has 5 nitrogen and oxygen atoms in total. The highest BCUT2D eigenvalue weighted by Crippen LogP contribution is 2.22. The zero-order chi connectivity index (χ0) is 17.3. The van der Waals surface area contributed by atoms with Crippen molar-refractivity contribution in [1.82, 2.24) is 4.90 Å². The summed E-state index contributed by atoms with van der Waals surface area (Å²) in [5, 5.41) is 0.239. The zero-order valence-corrected chi connectivity index (χ0v) is 13.7. The minimum atomic E-state index is -0.490. The first-order chi connectivity index (χ1) is 11.4. The second-order valence-electron chi connectivity index (χ2n) is 5.64. The number of halogens is 2. The van der Waals surface area contributed by atoms with Crippen LogP contribution in [0.5, 0.6) is 5.75 Å². The quantitative estimate of drug-likeness (QED) is 0.849. The van der Waals surface area contributed by atoms with E-state index in [0.717, 1.165) is 0 Å². The van der Waals surface area contributed by atoms with Gasteiger partial charge >= 0.3 is 5.63 Å². The molecule has 2 aromatic rings. The van der Waals surface area contributed by atoms with E-state index in [4.69, 9.17) is 20.8 Å². The summed E-state index contributed by atoms with van der Waals surface area (Å²) in [5.41, 5.74) is -0.281. The lowest BCUT2D eigenvalue weighted by atomic mass is 10.1. The second-order valence-corrected chi connectivity index (χ2v) is 6.05. The van der Waals surface area contributed by atoms with Crippen LogP contribution in [0.15, 0.2) is 39.5 Å². The molecule has 24 heavy (non-hydrogen) atoms. The van der Waals surface area contributed by atoms with E-state index < -0.39 is 11.4 Å². The number of benzene rings is 1. The minimum absolute atomic E-state index is 0.0910. The van der Waals surface area contributed by atoms with Crippen molar-refractivity contribution < 1.29 is 18.3 Å². The molecular formula is C17H15ClFNO4. The topological polar surface area (TPSA) is 59.8 Å². The lowest BCUT2D eigenvalue weighted by molar-refractivity contribution is -0.139. The van der Waals surface area contributed by atoms with Gasteiger partial charge in [0.15, 0.2) is 0 Å². The van der Waals surface area contributed by atoms with E-state index in [-0.39, 0.29) is 29.0 Å². The predicted octanol–water partition coefficient (Wildman–Crippen LogP) is 2.57. The third-order valence-corrected chi connectivity index (χ3v) is 4.11. The Morgan fingerprint density at radius 2 is 2.17 bits per heavy atom. The Hall–Kier alpha value is -2.34. The van der Waals surface area contributed by atoms with Crippen LogP contribution in [0.2, 0.25) is 5.02 Å². The molecule has 7 heteroatoms. The van der Waals surface area contributed by atoms with Gasteiger partial charge in [-0.3, -0.25) is 4.79 Å². The average molecular weight is 352 g/mol. The maximum Gasteiger partial charge on any atom is 0.339 e. The first kappa shape index (κ1) is 16.5. The Morgan fingerprint density at radius 3 is 2.83 bits per heavy atom. The third kappa shape index (κ3) is 3.59. The average Bonchev–Trinajstić information content (AvgIpc) is 2.45. The number of hydrogen-bond donors (Lipinski definition) is 0. The molecule has 1 amide bonds. The van der Waals surface area contributed by atoms with Crippen LogP contribution < -0.4 is 10.4 Å². The first-order valence-electron chi connectivity index (χ1n) is 7.41. The minimum Gasteiger partial charge on any atom is -0.486 e. The van der Waals surface area contributed by atoms with Gasteiger partial charge in [0.25, 0.3) is 0 Å². The van der Waals surface area contributed by atoms with Gasteiger partial charge in [-0.2, -0.15) is 0 Å². The smallest absolute Gasteiger partial charge is 0.339 e. The summed E-state index contributed by atoms with van der Waals surface area (Å²) >= 11 is 5.93. The lowest BCUT2D eigenvalue weighted by Crippen LogP contribution is -2.56. The highest BCUT2D eigenvalue weighted by molar-refractivity contribution is 6.31. The molecule has 1 aromatic carbocycles. The van der Waals surface area contributed by atoms with Crippen molar-refractivity contribution in [3.05, 3.63) is 62.9 Å². The zero-order valence-electron chi connectivity index (χ0n) is 12.9. The van der Waals surface area contributed by atoms with Crippen molar-refractivity contribution in [2.45, 2.75) is 19.4 Å². The number of aryl methyl sites for hydroxylation is 1. The lowest BCUT2D eigenvalue weighted by Gasteiger charge is -2.39. The number of amides is 1. The molecule has 0 aliphatic carbocycles. The molecule has 0 atom stereocenters. The van der Waals surface area contributed by atoms with Crippen LogP contribution >= 0.6 is 11.6 Å². The van der Waals surface area contributed by atoms with E-state index in [1.165, 1.54) is 18.2 Å². The molecular weight excluding hydrogens is 337 g/mol. The summed E-state index contributed by atoms with van der Waals surface area (Å²) in [6.07, 6.45) is -0.294. The summed E-state index contributed by atoms with van der Waals surface area (Å²) in [7, 11) is 0. The van der Waals surface area contributed by atoms with Gasteiger partial charge in [0.1, 0.15) is 23.4 Å². The molecule has 0 saturated carbocycles. The predicted molar refractivity (Wildman–Crippen MR) is 85.8 cm³/mol.